The molecule has 0 aliphatic carbocycles. The zero-order valence-corrected chi connectivity index (χ0v) is 9.75. The van der Waals surface area contributed by atoms with E-state index in [0.29, 0.717) is 0 Å². The fourth-order valence-corrected chi connectivity index (χ4v) is 2.10. The second kappa shape index (κ2) is 4.62. The molecule has 16 heavy (non-hydrogen) atoms. The Morgan fingerprint density at radius 1 is 1.44 bits per heavy atom. The van der Waals surface area contributed by atoms with E-state index in [1.54, 1.807) is 6.92 Å². The molecule has 0 radical (unpaired) electrons. The lowest BCUT2D eigenvalue weighted by Crippen LogP contribution is -2.68. The van der Waals surface area contributed by atoms with Gasteiger partial charge >= 0.3 is 0 Å². The van der Waals surface area contributed by atoms with Crippen LogP contribution in [0.1, 0.15) is 13.8 Å². The van der Waals surface area contributed by atoms with Gasteiger partial charge in [-0.3, -0.25) is 10.1 Å². The number of hydrogen-bond acceptors (Lipinski definition) is 6. The second-order valence-electron chi connectivity index (χ2n) is 4.03. The Bertz CT molecular complexity index is 273. The normalized spacial score (nSPS) is 44.3. The van der Waals surface area contributed by atoms with Crippen LogP contribution in [0.4, 0.5) is 0 Å². The molecule has 1 aliphatic rings. The van der Waals surface area contributed by atoms with E-state index in [0.717, 1.165) is 0 Å². The Hall–Kier alpha value is -0.760. The lowest BCUT2D eigenvalue weighted by molar-refractivity contribution is -0.609. The van der Waals surface area contributed by atoms with Crippen LogP contribution in [0, 0.1) is 10.1 Å². The molecule has 1 heterocycles. The Morgan fingerprint density at radius 3 is 2.38 bits per heavy atom. The monoisotopic (exact) mass is 235 g/mol. The van der Waals surface area contributed by atoms with E-state index in [2.05, 4.69) is 0 Å². The zero-order chi connectivity index (χ0) is 12.5. The number of methoxy groups -OCH3 is 2. The van der Waals surface area contributed by atoms with Gasteiger partial charge < -0.3 is 19.3 Å². The third-order valence-electron chi connectivity index (χ3n) is 3.09. The highest BCUT2D eigenvalue weighted by Crippen LogP contribution is 2.34. The number of nitro groups is 1. The van der Waals surface area contributed by atoms with E-state index in [9.17, 15) is 15.2 Å². The van der Waals surface area contributed by atoms with Crippen LogP contribution in [0.15, 0.2) is 0 Å². The maximum absolute atomic E-state index is 11.1. The quantitative estimate of drug-likeness (QED) is 0.537. The molecule has 1 fully saturated rings. The smallest absolute Gasteiger partial charge is 0.277 e. The fourth-order valence-electron chi connectivity index (χ4n) is 2.10. The molecule has 1 saturated heterocycles. The number of aliphatic hydroxyl groups is 1. The van der Waals surface area contributed by atoms with Crippen molar-refractivity contribution in [1.82, 2.24) is 0 Å². The van der Waals surface area contributed by atoms with Gasteiger partial charge in [-0.25, -0.2) is 0 Å². The van der Waals surface area contributed by atoms with E-state index in [1.165, 1.54) is 21.1 Å². The van der Waals surface area contributed by atoms with Crippen molar-refractivity contribution in [3.63, 3.8) is 0 Å². The summed E-state index contributed by atoms with van der Waals surface area (Å²) in [5, 5.41) is 21.0. The molecular formula is C9H17NO6. The minimum absolute atomic E-state index is 0.534. The Morgan fingerprint density at radius 2 is 2.00 bits per heavy atom. The molecule has 7 heteroatoms. The van der Waals surface area contributed by atoms with Gasteiger partial charge in [-0.05, 0) is 6.92 Å². The van der Waals surface area contributed by atoms with Gasteiger partial charge in [0.25, 0.3) is 5.54 Å². The summed E-state index contributed by atoms with van der Waals surface area (Å²) in [6.45, 7) is 2.98. The summed E-state index contributed by atoms with van der Waals surface area (Å²) in [5.41, 5.74) is -1.65. The van der Waals surface area contributed by atoms with Crippen molar-refractivity contribution in [2.75, 3.05) is 14.2 Å². The summed E-state index contributed by atoms with van der Waals surface area (Å²) >= 11 is 0. The molecule has 1 N–H and O–H groups in total. The third kappa shape index (κ3) is 1.80. The molecule has 0 saturated carbocycles. The van der Waals surface area contributed by atoms with Gasteiger partial charge in [0, 0.05) is 26.1 Å². The maximum atomic E-state index is 11.1. The van der Waals surface area contributed by atoms with E-state index in [4.69, 9.17) is 14.2 Å². The summed E-state index contributed by atoms with van der Waals surface area (Å²) in [7, 11) is 2.68. The molecule has 0 aromatic heterocycles. The number of aliphatic hydroxyl groups excluding tert-OH is 1. The molecule has 0 bridgehead atoms. The predicted molar refractivity (Wildman–Crippen MR) is 53.5 cm³/mol. The van der Waals surface area contributed by atoms with E-state index in [-0.39, 0.29) is 0 Å². The van der Waals surface area contributed by atoms with Gasteiger partial charge in [-0.15, -0.1) is 0 Å². The molecule has 0 amide bonds. The Balaban J connectivity index is 3.09. The molecule has 0 spiro atoms. The van der Waals surface area contributed by atoms with Crippen LogP contribution in [0.2, 0.25) is 0 Å². The zero-order valence-electron chi connectivity index (χ0n) is 9.75. The fraction of sp³-hybridized carbons (Fsp3) is 1.00. The van der Waals surface area contributed by atoms with Gasteiger partial charge in [0.15, 0.2) is 18.5 Å². The number of hydrogen-bond donors (Lipinski definition) is 1. The Kier molecular flexibility index (Phi) is 3.84. The van der Waals surface area contributed by atoms with Crippen molar-refractivity contribution < 1.29 is 24.2 Å². The van der Waals surface area contributed by atoms with Crippen LogP contribution in [0.25, 0.3) is 0 Å². The van der Waals surface area contributed by atoms with Crippen molar-refractivity contribution >= 4 is 0 Å². The summed E-state index contributed by atoms with van der Waals surface area (Å²) in [6.07, 6.45) is -3.76. The van der Waals surface area contributed by atoms with Crippen molar-refractivity contribution in [1.29, 1.82) is 0 Å². The van der Waals surface area contributed by atoms with Crippen molar-refractivity contribution in [3.05, 3.63) is 10.1 Å². The highest BCUT2D eigenvalue weighted by atomic mass is 16.7. The highest BCUT2D eigenvalue weighted by Gasteiger charge is 2.62. The first kappa shape index (κ1) is 13.3. The predicted octanol–water partition coefficient (Wildman–Crippen LogP) is -0.211. The summed E-state index contributed by atoms with van der Waals surface area (Å²) in [4.78, 5) is 10.6. The largest absolute Gasteiger partial charge is 0.381 e. The average molecular weight is 235 g/mol. The molecule has 1 rings (SSSR count). The minimum Gasteiger partial charge on any atom is -0.381 e. The Labute approximate surface area is 93.4 Å². The molecule has 5 atom stereocenters. The molecule has 0 aromatic carbocycles. The molecule has 0 unspecified atom stereocenters. The van der Waals surface area contributed by atoms with Crippen molar-refractivity contribution in [2.24, 2.45) is 0 Å². The summed E-state index contributed by atoms with van der Waals surface area (Å²) < 4.78 is 15.2. The van der Waals surface area contributed by atoms with Crippen LogP contribution in [-0.2, 0) is 14.2 Å². The van der Waals surface area contributed by atoms with Crippen molar-refractivity contribution in [2.45, 2.75) is 44.0 Å². The van der Waals surface area contributed by atoms with Crippen molar-refractivity contribution in [3.8, 4) is 0 Å². The summed E-state index contributed by atoms with van der Waals surface area (Å²) in [5.74, 6) is 0. The lowest BCUT2D eigenvalue weighted by Gasteiger charge is -2.43. The van der Waals surface area contributed by atoms with Crippen LogP contribution >= 0.6 is 0 Å². The third-order valence-corrected chi connectivity index (χ3v) is 3.09. The standard InChI is InChI=1S/C9H17NO6/c1-5-7(14-3)9(2,10(12)13)6(11)8(15-4)16-5/h5-8,11H,1-4H3/t5-,6+,7-,8+,9-/m0/s1. The van der Waals surface area contributed by atoms with Crippen LogP contribution in [0.5, 0.6) is 0 Å². The van der Waals surface area contributed by atoms with Crippen LogP contribution < -0.4 is 0 Å². The lowest BCUT2D eigenvalue weighted by atomic mass is 9.83. The van der Waals surface area contributed by atoms with Gasteiger partial charge in [-0.2, -0.15) is 0 Å². The number of rotatable bonds is 3. The molecular weight excluding hydrogens is 218 g/mol. The average Bonchev–Trinajstić information content (AvgIpc) is 2.23. The molecule has 0 aromatic rings. The first-order chi connectivity index (χ1) is 7.39. The van der Waals surface area contributed by atoms with E-state index < -0.39 is 35.1 Å². The van der Waals surface area contributed by atoms with Gasteiger partial charge in [0.1, 0.15) is 0 Å². The number of ether oxygens (including phenoxy) is 3. The second-order valence-corrected chi connectivity index (χ2v) is 4.03. The SMILES string of the molecule is CO[C@@H]1O[C@@H](C)[C@H](OC)[C@@](C)([N+](=O)[O-])[C@@H]1O. The van der Waals surface area contributed by atoms with Crippen LogP contribution in [0.3, 0.4) is 0 Å². The minimum atomic E-state index is -1.65. The van der Waals surface area contributed by atoms with E-state index >= 15 is 0 Å². The van der Waals surface area contributed by atoms with Crippen LogP contribution in [-0.4, -0.2) is 54.4 Å². The van der Waals surface area contributed by atoms with Gasteiger partial charge in [0.2, 0.25) is 0 Å². The topological polar surface area (TPSA) is 91.1 Å². The first-order valence-electron chi connectivity index (χ1n) is 4.93. The maximum Gasteiger partial charge on any atom is 0.277 e. The highest BCUT2D eigenvalue weighted by molar-refractivity contribution is 4.99. The summed E-state index contributed by atoms with van der Waals surface area (Å²) in [6, 6.07) is 0. The first-order valence-corrected chi connectivity index (χ1v) is 4.93. The number of nitrogens with zero attached hydrogens (tertiary/aromatic N) is 1. The molecule has 7 nitrogen and oxygen atoms in total. The van der Waals surface area contributed by atoms with E-state index in [1.807, 2.05) is 0 Å². The molecule has 94 valence electrons. The van der Waals surface area contributed by atoms with Gasteiger partial charge in [-0.1, -0.05) is 0 Å². The molecule has 1 aliphatic heterocycles. The van der Waals surface area contributed by atoms with Gasteiger partial charge in [0.05, 0.1) is 6.10 Å².